The van der Waals surface area contributed by atoms with Crippen LogP contribution in [-0.2, 0) is 0 Å². The number of hydrogen-bond donors (Lipinski definition) is 2. The van der Waals surface area contributed by atoms with Gasteiger partial charge in [0.25, 0.3) is 0 Å². The molecule has 0 aromatic rings. The summed E-state index contributed by atoms with van der Waals surface area (Å²) in [5.41, 5.74) is -1.35. The van der Waals surface area contributed by atoms with Crippen LogP contribution in [0.2, 0.25) is 0 Å². The fourth-order valence-electron chi connectivity index (χ4n) is 0.418. The maximum Gasteiger partial charge on any atom is 0.432 e. The minimum Gasteiger partial charge on any atom is -0.389 e. The molecule has 5 heteroatoms. The third-order valence-corrected chi connectivity index (χ3v) is 0.985. The number of halogens is 3. The molecule has 0 saturated carbocycles. The SMILES string of the molecule is CC(C)N/C=C\C(=N)C(F)(F)F. The van der Waals surface area contributed by atoms with Gasteiger partial charge in [-0.1, -0.05) is 0 Å². The summed E-state index contributed by atoms with van der Waals surface area (Å²) < 4.78 is 35.0. The minimum absolute atomic E-state index is 0.0716. The first kappa shape index (κ1) is 11.0. The van der Waals surface area contributed by atoms with Gasteiger partial charge in [0.1, 0.15) is 5.71 Å². The Morgan fingerprint density at radius 1 is 1.42 bits per heavy atom. The molecule has 2 N–H and O–H groups in total. The fourth-order valence-corrected chi connectivity index (χ4v) is 0.418. The van der Waals surface area contributed by atoms with Crippen LogP contribution in [0.15, 0.2) is 12.3 Å². The van der Waals surface area contributed by atoms with Crippen LogP contribution in [0.5, 0.6) is 0 Å². The second-order valence-corrected chi connectivity index (χ2v) is 2.57. The summed E-state index contributed by atoms with van der Waals surface area (Å²) in [6.45, 7) is 3.59. The smallest absolute Gasteiger partial charge is 0.389 e. The van der Waals surface area contributed by atoms with Crippen molar-refractivity contribution in [3.05, 3.63) is 12.3 Å². The Kier molecular flexibility index (Phi) is 3.79. The molecule has 0 fully saturated rings. The Hall–Kier alpha value is -1.00. The van der Waals surface area contributed by atoms with Gasteiger partial charge in [-0.25, -0.2) is 0 Å². The van der Waals surface area contributed by atoms with Gasteiger partial charge in [-0.2, -0.15) is 13.2 Å². The number of nitrogens with one attached hydrogen (secondary N) is 2. The summed E-state index contributed by atoms with van der Waals surface area (Å²) in [5, 5.41) is 9.16. The highest BCUT2D eigenvalue weighted by atomic mass is 19.4. The topological polar surface area (TPSA) is 35.9 Å². The average Bonchev–Trinajstić information content (AvgIpc) is 1.84. The Labute approximate surface area is 69.0 Å². The van der Waals surface area contributed by atoms with E-state index in [0.717, 1.165) is 6.20 Å². The van der Waals surface area contributed by atoms with Crippen LogP contribution in [-0.4, -0.2) is 17.9 Å². The lowest BCUT2D eigenvalue weighted by molar-refractivity contribution is -0.0584. The number of rotatable bonds is 3. The van der Waals surface area contributed by atoms with Crippen molar-refractivity contribution in [3.8, 4) is 0 Å². The molecule has 0 unspecified atom stereocenters. The van der Waals surface area contributed by atoms with Gasteiger partial charge < -0.3 is 5.32 Å². The maximum absolute atomic E-state index is 11.7. The van der Waals surface area contributed by atoms with Crippen molar-refractivity contribution in [3.63, 3.8) is 0 Å². The van der Waals surface area contributed by atoms with Gasteiger partial charge in [0.05, 0.1) is 0 Å². The lowest BCUT2D eigenvalue weighted by Gasteiger charge is -2.05. The number of allylic oxidation sites excluding steroid dienone is 1. The van der Waals surface area contributed by atoms with Crippen LogP contribution in [0.25, 0.3) is 0 Å². The van der Waals surface area contributed by atoms with Crippen molar-refractivity contribution in [2.75, 3.05) is 0 Å². The molecule has 0 atom stereocenters. The van der Waals surface area contributed by atoms with Gasteiger partial charge in [-0.05, 0) is 26.1 Å². The van der Waals surface area contributed by atoms with Crippen molar-refractivity contribution in [2.24, 2.45) is 0 Å². The molecule has 0 aromatic heterocycles. The highest BCUT2D eigenvalue weighted by molar-refractivity contribution is 5.96. The largest absolute Gasteiger partial charge is 0.432 e. The van der Waals surface area contributed by atoms with Gasteiger partial charge >= 0.3 is 6.18 Å². The van der Waals surface area contributed by atoms with E-state index >= 15 is 0 Å². The Balaban J connectivity index is 3.93. The van der Waals surface area contributed by atoms with Crippen LogP contribution in [0.1, 0.15) is 13.8 Å². The first-order valence-electron chi connectivity index (χ1n) is 3.42. The van der Waals surface area contributed by atoms with Crippen LogP contribution in [0.4, 0.5) is 13.2 Å². The zero-order valence-corrected chi connectivity index (χ0v) is 6.87. The molecular weight excluding hydrogens is 169 g/mol. The first-order valence-corrected chi connectivity index (χ1v) is 3.42. The van der Waals surface area contributed by atoms with Crippen LogP contribution >= 0.6 is 0 Å². The molecule has 0 amide bonds. The van der Waals surface area contributed by atoms with E-state index in [-0.39, 0.29) is 6.04 Å². The lowest BCUT2D eigenvalue weighted by atomic mass is 10.3. The summed E-state index contributed by atoms with van der Waals surface area (Å²) >= 11 is 0. The van der Waals surface area contributed by atoms with E-state index in [1.54, 1.807) is 13.8 Å². The van der Waals surface area contributed by atoms with E-state index < -0.39 is 11.9 Å². The molecule has 0 aromatic carbocycles. The zero-order valence-electron chi connectivity index (χ0n) is 6.87. The van der Waals surface area contributed by atoms with E-state index in [4.69, 9.17) is 5.41 Å². The van der Waals surface area contributed by atoms with Gasteiger partial charge in [0, 0.05) is 6.04 Å². The van der Waals surface area contributed by atoms with Gasteiger partial charge in [-0.3, -0.25) is 5.41 Å². The first-order chi connectivity index (χ1) is 5.34. The maximum atomic E-state index is 11.7. The van der Waals surface area contributed by atoms with Gasteiger partial charge in [0.2, 0.25) is 0 Å². The molecule has 0 aliphatic carbocycles. The van der Waals surface area contributed by atoms with Crippen molar-refractivity contribution in [1.82, 2.24) is 5.32 Å². The summed E-state index contributed by atoms with van der Waals surface area (Å²) in [7, 11) is 0. The third-order valence-electron chi connectivity index (χ3n) is 0.985. The Bertz CT molecular complexity index is 182. The molecular formula is C7H11F3N2. The highest BCUT2D eigenvalue weighted by Gasteiger charge is 2.32. The van der Waals surface area contributed by atoms with Gasteiger partial charge in [-0.15, -0.1) is 0 Å². The molecule has 70 valence electrons. The monoisotopic (exact) mass is 180 g/mol. The second-order valence-electron chi connectivity index (χ2n) is 2.57. The van der Waals surface area contributed by atoms with E-state index in [9.17, 15) is 13.2 Å². The van der Waals surface area contributed by atoms with Crippen LogP contribution in [0.3, 0.4) is 0 Å². The predicted octanol–water partition coefficient (Wildman–Crippen LogP) is 2.08. The molecule has 0 aliphatic rings. The van der Waals surface area contributed by atoms with Crippen LogP contribution < -0.4 is 5.32 Å². The predicted molar refractivity (Wildman–Crippen MR) is 41.2 cm³/mol. The van der Waals surface area contributed by atoms with E-state index in [1.807, 2.05) is 0 Å². The molecule has 0 radical (unpaired) electrons. The summed E-state index contributed by atoms with van der Waals surface area (Å²) in [6, 6.07) is 0.0716. The van der Waals surface area contributed by atoms with Crippen molar-refractivity contribution in [2.45, 2.75) is 26.1 Å². The molecule has 0 spiro atoms. The molecule has 0 rings (SSSR count). The molecule has 0 bridgehead atoms. The number of alkyl halides is 3. The lowest BCUT2D eigenvalue weighted by Crippen LogP contribution is -2.21. The number of hydrogen-bond acceptors (Lipinski definition) is 2. The van der Waals surface area contributed by atoms with Gasteiger partial charge in [0.15, 0.2) is 0 Å². The Morgan fingerprint density at radius 3 is 2.25 bits per heavy atom. The zero-order chi connectivity index (χ0) is 9.78. The van der Waals surface area contributed by atoms with Crippen molar-refractivity contribution in [1.29, 1.82) is 5.41 Å². The van der Waals surface area contributed by atoms with Crippen LogP contribution in [0, 0.1) is 5.41 Å². The highest BCUT2D eigenvalue weighted by Crippen LogP contribution is 2.16. The quantitative estimate of drug-likeness (QED) is 0.641. The minimum atomic E-state index is -4.55. The molecule has 0 aliphatic heterocycles. The Morgan fingerprint density at radius 2 is 1.92 bits per heavy atom. The summed E-state index contributed by atoms with van der Waals surface area (Å²) in [5.74, 6) is 0. The standard InChI is InChI=1S/C7H11F3N2/c1-5(2)12-4-3-6(11)7(8,9)10/h3-5,11-12H,1-2H3/b4-3-,11-6?. The van der Waals surface area contributed by atoms with E-state index in [1.165, 1.54) is 0 Å². The van der Waals surface area contributed by atoms with E-state index in [0.29, 0.717) is 6.08 Å². The van der Waals surface area contributed by atoms with E-state index in [2.05, 4.69) is 5.32 Å². The molecule has 0 heterocycles. The molecule has 2 nitrogen and oxygen atoms in total. The fraction of sp³-hybridized carbons (Fsp3) is 0.571. The molecule has 12 heavy (non-hydrogen) atoms. The van der Waals surface area contributed by atoms with Crippen molar-refractivity contribution < 1.29 is 13.2 Å². The average molecular weight is 180 g/mol. The van der Waals surface area contributed by atoms with Crippen molar-refractivity contribution >= 4 is 5.71 Å². The molecule has 0 saturated heterocycles. The second kappa shape index (κ2) is 4.13. The normalized spacial score (nSPS) is 12.5. The summed E-state index contributed by atoms with van der Waals surface area (Å²) in [6.07, 6.45) is -2.73. The third kappa shape index (κ3) is 4.76. The summed E-state index contributed by atoms with van der Waals surface area (Å²) in [4.78, 5) is 0.